The summed E-state index contributed by atoms with van der Waals surface area (Å²) in [6, 6.07) is 5.18. The molecule has 1 N–H and O–H groups in total. The molecule has 2 heterocycles. The number of hydrogen-bond acceptors (Lipinski definition) is 3. The molecule has 2 aliphatic heterocycles. The molecule has 0 saturated carbocycles. The first-order valence-electron chi connectivity index (χ1n) is 7.90. The first kappa shape index (κ1) is 15.0. The molecule has 0 spiro atoms. The van der Waals surface area contributed by atoms with Crippen molar-refractivity contribution in [1.82, 2.24) is 9.80 Å². The quantitative estimate of drug-likeness (QED) is 0.897. The molecule has 0 aliphatic carbocycles. The Bertz CT molecular complexity index is 600. The molecule has 0 bridgehead atoms. The third-order valence-corrected chi connectivity index (χ3v) is 4.78. The fourth-order valence-corrected chi connectivity index (χ4v) is 3.40. The average molecular weight is 302 g/mol. The lowest BCUT2D eigenvalue weighted by Gasteiger charge is -2.22. The van der Waals surface area contributed by atoms with Crippen LogP contribution in [0, 0.1) is 0 Å². The summed E-state index contributed by atoms with van der Waals surface area (Å²) in [4.78, 5) is 27.7. The van der Waals surface area contributed by atoms with Gasteiger partial charge in [0.1, 0.15) is 6.04 Å². The number of likely N-dealkylation sites (N-methyl/N-ethyl adjacent to an activating group) is 1. The van der Waals surface area contributed by atoms with E-state index in [4.69, 9.17) is 0 Å². The molecule has 0 aromatic heterocycles. The standard InChI is InChI=1S/C17H22N2O3/c1-18-9-6-12-4-5-14(11-13(12)7-10-18)16(20)19-8-2-3-15(19)17(21)22/h4-5,11,15H,2-3,6-10H2,1H3,(H,21,22)/t15-/m0/s1. The van der Waals surface area contributed by atoms with E-state index in [0.717, 1.165) is 32.4 Å². The van der Waals surface area contributed by atoms with Gasteiger partial charge >= 0.3 is 5.97 Å². The summed E-state index contributed by atoms with van der Waals surface area (Å²) in [5.74, 6) is -1.05. The Balaban J connectivity index is 1.83. The van der Waals surface area contributed by atoms with Gasteiger partial charge < -0.3 is 14.9 Å². The van der Waals surface area contributed by atoms with Gasteiger partial charge in [-0.05, 0) is 56.0 Å². The maximum absolute atomic E-state index is 12.7. The number of carbonyl (C=O) groups excluding carboxylic acids is 1. The Labute approximate surface area is 130 Å². The smallest absolute Gasteiger partial charge is 0.326 e. The van der Waals surface area contributed by atoms with Gasteiger partial charge in [-0.15, -0.1) is 0 Å². The van der Waals surface area contributed by atoms with Gasteiger partial charge in [0, 0.05) is 25.2 Å². The Hall–Kier alpha value is -1.88. The second kappa shape index (κ2) is 6.08. The third kappa shape index (κ3) is 2.86. The summed E-state index contributed by atoms with van der Waals surface area (Å²) >= 11 is 0. The van der Waals surface area contributed by atoms with Crippen LogP contribution in [0.1, 0.15) is 34.3 Å². The zero-order valence-electron chi connectivity index (χ0n) is 12.9. The predicted octanol–water partition coefficient (Wildman–Crippen LogP) is 1.41. The summed E-state index contributed by atoms with van der Waals surface area (Å²) in [6.45, 7) is 2.56. The van der Waals surface area contributed by atoms with Crippen molar-refractivity contribution < 1.29 is 14.7 Å². The summed E-state index contributed by atoms with van der Waals surface area (Å²) in [5, 5.41) is 9.24. The maximum Gasteiger partial charge on any atom is 0.326 e. The molecule has 1 atom stereocenters. The lowest BCUT2D eigenvalue weighted by atomic mass is 9.99. The Kier molecular flexibility index (Phi) is 4.16. The highest BCUT2D eigenvalue weighted by Crippen LogP contribution is 2.23. The molecule has 1 saturated heterocycles. The normalized spacial score (nSPS) is 22.2. The van der Waals surface area contributed by atoms with Crippen LogP contribution in [0.2, 0.25) is 0 Å². The zero-order valence-corrected chi connectivity index (χ0v) is 12.9. The van der Waals surface area contributed by atoms with Crippen molar-refractivity contribution in [3.05, 3.63) is 34.9 Å². The molecule has 5 nitrogen and oxygen atoms in total. The van der Waals surface area contributed by atoms with E-state index >= 15 is 0 Å². The minimum atomic E-state index is -0.901. The number of benzene rings is 1. The molecule has 1 aromatic carbocycles. The monoisotopic (exact) mass is 302 g/mol. The number of carboxylic acid groups (broad SMARTS) is 1. The molecule has 0 unspecified atom stereocenters. The van der Waals surface area contributed by atoms with E-state index in [1.54, 1.807) is 0 Å². The number of nitrogens with zero attached hydrogens (tertiary/aromatic N) is 2. The van der Waals surface area contributed by atoms with Crippen molar-refractivity contribution in [2.45, 2.75) is 31.7 Å². The Morgan fingerprint density at radius 3 is 2.59 bits per heavy atom. The van der Waals surface area contributed by atoms with Crippen LogP contribution in [0.5, 0.6) is 0 Å². The lowest BCUT2D eigenvalue weighted by Crippen LogP contribution is -2.40. The number of rotatable bonds is 2. The lowest BCUT2D eigenvalue weighted by molar-refractivity contribution is -0.141. The summed E-state index contributed by atoms with van der Waals surface area (Å²) in [7, 11) is 2.11. The van der Waals surface area contributed by atoms with E-state index in [1.807, 2.05) is 18.2 Å². The molecule has 5 heteroatoms. The molecular formula is C17H22N2O3. The highest BCUT2D eigenvalue weighted by Gasteiger charge is 2.34. The SMILES string of the molecule is CN1CCc2ccc(C(=O)N3CCC[C@H]3C(=O)O)cc2CC1. The molecule has 1 aromatic rings. The summed E-state index contributed by atoms with van der Waals surface area (Å²) in [6.07, 6.45) is 3.26. The first-order chi connectivity index (χ1) is 10.6. The van der Waals surface area contributed by atoms with Gasteiger partial charge in [0.25, 0.3) is 5.91 Å². The topological polar surface area (TPSA) is 60.9 Å². The van der Waals surface area contributed by atoms with Crippen LogP contribution >= 0.6 is 0 Å². The minimum Gasteiger partial charge on any atom is -0.480 e. The van der Waals surface area contributed by atoms with Crippen LogP contribution in [-0.2, 0) is 17.6 Å². The van der Waals surface area contributed by atoms with Crippen LogP contribution in [0.4, 0.5) is 0 Å². The highest BCUT2D eigenvalue weighted by molar-refractivity contribution is 5.97. The van der Waals surface area contributed by atoms with Crippen LogP contribution in [0.25, 0.3) is 0 Å². The van der Waals surface area contributed by atoms with Crippen LogP contribution < -0.4 is 0 Å². The van der Waals surface area contributed by atoms with Crippen molar-refractivity contribution >= 4 is 11.9 Å². The Morgan fingerprint density at radius 1 is 1.14 bits per heavy atom. The van der Waals surface area contributed by atoms with E-state index in [9.17, 15) is 14.7 Å². The predicted molar refractivity (Wildman–Crippen MR) is 83.0 cm³/mol. The van der Waals surface area contributed by atoms with Crippen LogP contribution in [-0.4, -0.2) is 59.5 Å². The number of hydrogen-bond donors (Lipinski definition) is 1. The molecule has 3 rings (SSSR count). The van der Waals surface area contributed by atoms with Crippen molar-refractivity contribution in [3.63, 3.8) is 0 Å². The van der Waals surface area contributed by atoms with Crippen molar-refractivity contribution in [2.75, 3.05) is 26.7 Å². The molecule has 1 amide bonds. The molecule has 1 fully saturated rings. The zero-order chi connectivity index (χ0) is 15.7. The number of carbonyl (C=O) groups is 2. The minimum absolute atomic E-state index is 0.148. The van der Waals surface area contributed by atoms with Gasteiger partial charge in [-0.1, -0.05) is 6.07 Å². The number of fused-ring (bicyclic) bond motifs is 1. The van der Waals surface area contributed by atoms with Crippen LogP contribution in [0.15, 0.2) is 18.2 Å². The highest BCUT2D eigenvalue weighted by atomic mass is 16.4. The maximum atomic E-state index is 12.7. The number of likely N-dealkylation sites (tertiary alicyclic amines) is 1. The van der Waals surface area contributed by atoms with Crippen molar-refractivity contribution in [3.8, 4) is 0 Å². The summed E-state index contributed by atoms with van der Waals surface area (Å²) in [5.41, 5.74) is 3.15. The van der Waals surface area contributed by atoms with Gasteiger partial charge in [0.15, 0.2) is 0 Å². The van der Waals surface area contributed by atoms with Gasteiger partial charge in [-0.2, -0.15) is 0 Å². The molecule has 0 radical (unpaired) electrons. The number of carboxylic acids is 1. The van der Waals surface area contributed by atoms with E-state index in [2.05, 4.69) is 11.9 Å². The van der Waals surface area contributed by atoms with E-state index in [1.165, 1.54) is 16.0 Å². The molecule has 2 aliphatic rings. The van der Waals surface area contributed by atoms with Crippen LogP contribution in [0.3, 0.4) is 0 Å². The van der Waals surface area contributed by atoms with Gasteiger partial charge in [-0.3, -0.25) is 4.79 Å². The van der Waals surface area contributed by atoms with Gasteiger partial charge in [-0.25, -0.2) is 4.79 Å². The second-order valence-corrected chi connectivity index (χ2v) is 6.28. The van der Waals surface area contributed by atoms with E-state index < -0.39 is 12.0 Å². The average Bonchev–Trinajstić information content (AvgIpc) is 2.92. The van der Waals surface area contributed by atoms with E-state index in [-0.39, 0.29) is 5.91 Å². The largest absolute Gasteiger partial charge is 0.480 e. The molecule has 118 valence electrons. The Morgan fingerprint density at radius 2 is 1.86 bits per heavy atom. The first-order valence-corrected chi connectivity index (χ1v) is 7.90. The van der Waals surface area contributed by atoms with Gasteiger partial charge in [0.2, 0.25) is 0 Å². The number of aliphatic carboxylic acids is 1. The third-order valence-electron chi connectivity index (χ3n) is 4.78. The second-order valence-electron chi connectivity index (χ2n) is 6.28. The fraction of sp³-hybridized carbons (Fsp3) is 0.529. The number of amides is 1. The fourth-order valence-electron chi connectivity index (χ4n) is 3.40. The summed E-state index contributed by atoms with van der Waals surface area (Å²) < 4.78 is 0. The van der Waals surface area contributed by atoms with Gasteiger partial charge in [0.05, 0.1) is 0 Å². The van der Waals surface area contributed by atoms with Crippen molar-refractivity contribution in [2.24, 2.45) is 0 Å². The van der Waals surface area contributed by atoms with E-state index in [0.29, 0.717) is 18.5 Å². The van der Waals surface area contributed by atoms with Crippen molar-refractivity contribution in [1.29, 1.82) is 0 Å². The molecule has 22 heavy (non-hydrogen) atoms. The molecular weight excluding hydrogens is 280 g/mol.